The number of hydrogen-bond donors (Lipinski definition) is 0. The van der Waals surface area contributed by atoms with Gasteiger partial charge in [-0.3, -0.25) is 0 Å². The van der Waals surface area contributed by atoms with E-state index in [0.717, 1.165) is 16.6 Å². The molecule has 0 saturated heterocycles. The zero-order chi connectivity index (χ0) is 12.4. The van der Waals surface area contributed by atoms with Crippen molar-refractivity contribution in [2.75, 3.05) is 7.11 Å². The third-order valence-electron chi connectivity index (χ3n) is 2.71. The first-order valence-electron chi connectivity index (χ1n) is 5.39. The second-order valence-corrected chi connectivity index (χ2v) is 4.03. The minimum Gasteiger partial charge on any atom is -0.497 e. The summed E-state index contributed by atoms with van der Waals surface area (Å²) >= 11 is 0. The molecule has 4 heteroatoms. The molecule has 17 heavy (non-hydrogen) atoms. The number of halogens is 1. The minimum absolute atomic E-state index is 0.452. The van der Waals surface area contributed by atoms with E-state index in [1.807, 2.05) is 33.0 Å². The Bertz CT molecular complexity index is 557. The lowest BCUT2D eigenvalue weighted by atomic mass is 9.87. The Kier molecular flexibility index (Phi) is 3.13. The van der Waals surface area contributed by atoms with Crippen LogP contribution in [0.25, 0.3) is 11.1 Å². The molecule has 1 aromatic heterocycles. The number of methoxy groups -OCH3 is 1. The molecule has 0 unspecified atom stereocenters. The monoisotopic (exact) mass is 229 g/mol. The molecule has 1 heterocycles. The van der Waals surface area contributed by atoms with Crippen LogP contribution in [-0.2, 0) is 0 Å². The van der Waals surface area contributed by atoms with Gasteiger partial charge in [0.25, 0.3) is 0 Å². The van der Waals surface area contributed by atoms with Crippen LogP contribution in [0.15, 0.2) is 30.5 Å². The average Bonchev–Trinajstić information content (AvgIpc) is 2.33. The highest BCUT2D eigenvalue weighted by Gasteiger charge is 2.10. The summed E-state index contributed by atoms with van der Waals surface area (Å²) in [6, 6.07) is 7.40. The van der Waals surface area contributed by atoms with Crippen LogP contribution in [0, 0.1) is 12.9 Å². The van der Waals surface area contributed by atoms with Gasteiger partial charge in [0, 0.05) is 11.8 Å². The summed E-state index contributed by atoms with van der Waals surface area (Å²) in [6.45, 7) is 1.89. The van der Waals surface area contributed by atoms with Gasteiger partial charge in [-0.05, 0) is 36.2 Å². The van der Waals surface area contributed by atoms with Crippen LogP contribution in [0.1, 0.15) is 5.56 Å². The van der Waals surface area contributed by atoms with Gasteiger partial charge in [-0.15, -0.1) is 0 Å². The van der Waals surface area contributed by atoms with Gasteiger partial charge in [-0.2, -0.15) is 4.39 Å². The molecular formula is C13H13BFNO. The fourth-order valence-corrected chi connectivity index (χ4v) is 1.76. The molecule has 2 rings (SSSR count). The lowest BCUT2D eigenvalue weighted by Crippen LogP contribution is -2.08. The van der Waals surface area contributed by atoms with Gasteiger partial charge >= 0.3 is 0 Å². The third-order valence-corrected chi connectivity index (χ3v) is 2.71. The van der Waals surface area contributed by atoms with Crippen LogP contribution in [0.5, 0.6) is 5.75 Å². The standard InChI is InChI=1S/C13H13BFNO/c1-8-5-11(13(15)16-7-8)10-6-9(17-2)3-4-12(10)14/h3-7H,14H2,1-2H3. The summed E-state index contributed by atoms with van der Waals surface area (Å²) in [4.78, 5) is 3.74. The number of hydrogen-bond acceptors (Lipinski definition) is 2. The maximum absolute atomic E-state index is 13.7. The lowest BCUT2D eigenvalue weighted by molar-refractivity contribution is 0.415. The van der Waals surface area contributed by atoms with E-state index in [2.05, 4.69) is 4.98 Å². The van der Waals surface area contributed by atoms with Crippen LogP contribution in [0.4, 0.5) is 4.39 Å². The first-order valence-corrected chi connectivity index (χ1v) is 5.39. The van der Waals surface area contributed by atoms with Crippen molar-refractivity contribution in [1.29, 1.82) is 0 Å². The molecule has 1 aromatic carbocycles. The van der Waals surface area contributed by atoms with Gasteiger partial charge in [-0.25, -0.2) is 4.98 Å². The maximum Gasteiger partial charge on any atom is 0.220 e. The Morgan fingerprint density at radius 2 is 2.00 bits per heavy atom. The fraction of sp³-hybridized carbons (Fsp3) is 0.154. The van der Waals surface area contributed by atoms with Crippen LogP contribution < -0.4 is 10.2 Å². The Labute approximate surface area is 101 Å². The maximum atomic E-state index is 13.7. The van der Waals surface area contributed by atoms with Gasteiger partial charge in [0.05, 0.1) is 7.11 Å². The number of benzene rings is 1. The van der Waals surface area contributed by atoms with E-state index in [-0.39, 0.29) is 0 Å². The number of aromatic nitrogens is 1. The molecule has 0 spiro atoms. The van der Waals surface area contributed by atoms with Crippen molar-refractivity contribution in [3.05, 3.63) is 42.0 Å². The van der Waals surface area contributed by atoms with Crippen LogP contribution >= 0.6 is 0 Å². The SMILES string of the molecule is Bc1ccc(OC)cc1-c1cc(C)cnc1F. The van der Waals surface area contributed by atoms with Crippen molar-refractivity contribution in [1.82, 2.24) is 4.98 Å². The van der Waals surface area contributed by atoms with Crippen molar-refractivity contribution < 1.29 is 9.13 Å². The smallest absolute Gasteiger partial charge is 0.220 e. The molecule has 0 N–H and O–H groups in total. The molecule has 0 atom stereocenters. The number of aryl methyl sites for hydroxylation is 1. The molecule has 0 bridgehead atoms. The molecular weight excluding hydrogens is 216 g/mol. The molecule has 0 fully saturated rings. The number of pyridine rings is 1. The minimum atomic E-state index is -0.452. The van der Waals surface area contributed by atoms with E-state index in [1.165, 1.54) is 6.20 Å². The normalized spacial score (nSPS) is 10.3. The van der Waals surface area contributed by atoms with E-state index in [1.54, 1.807) is 13.2 Å². The summed E-state index contributed by atoms with van der Waals surface area (Å²) in [5.74, 6) is 0.262. The summed E-state index contributed by atoms with van der Waals surface area (Å²) in [7, 11) is 3.54. The fourth-order valence-electron chi connectivity index (χ4n) is 1.76. The van der Waals surface area contributed by atoms with Crippen molar-refractivity contribution in [2.45, 2.75) is 6.92 Å². The van der Waals surface area contributed by atoms with E-state index >= 15 is 0 Å². The first kappa shape index (κ1) is 11.6. The van der Waals surface area contributed by atoms with E-state index in [9.17, 15) is 4.39 Å². The number of ether oxygens (including phenoxy) is 1. The third kappa shape index (κ3) is 2.30. The van der Waals surface area contributed by atoms with Gasteiger partial charge in [0.15, 0.2) is 0 Å². The summed E-state index contributed by atoms with van der Waals surface area (Å²) in [5, 5.41) is 0. The Morgan fingerprint density at radius 3 is 2.71 bits per heavy atom. The average molecular weight is 229 g/mol. The van der Waals surface area contributed by atoms with Crippen LogP contribution in [-0.4, -0.2) is 19.9 Å². The second-order valence-electron chi connectivity index (χ2n) is 4.03. The molecule has 2 nitrogen and oxygen atoms in total. The Balaban J connectivity index is 2.62. The van der Waals surface area contributed by atoms with Gasteiger partial charge in [0.2, 0.25) is 5.95 Å². The van der Waals surface area contributed by atoms with E-state index < -0.39 is 5.95 Å². The molecule has 86 valence electrons. The number of nitrogens with zero attached hydrogens (tertiary/aromatic N) is 1. The molecule has 0 radical (unpaired) electrons. The highest BCUT2D eigenvalue weighted by Crippen LogP contribution is 2.24. The topological polar surface area (TPSA) is 22.1 Å². The van der Waals surface area contributed by atoms with Crippen LogP contribution in [0.3, 0.4) is 0 Å². The first-order chi connectivity index (χ1) is 8.11. The van der Waals surface area contributed by atoms with Crippen molar-refractivity contribution in [2.24, 2.45) is 0 Å². The predicted molar refractivity (Wildman–Crippen MR) is 69.1 cm³/mol. The summed E-state index contributed by atoms with van der Waals surface area (Å²) < 4.78 is 18.9. The van der Waals surface area contributed by atoms with E-state index in [4.69, 9.17) is 4.74 Å². The molecule has 2 aromatic rings. The largest absolute Gasteiger partial charge is 0.497 e. The molecule has 0 saturated carbocycles. The molecule has 0 aliphatic rings. The zero-order valence-electron chi connectivity index (χ0n) is 10.1. The van der Waals surface area contributed by atoms with Gasteiger partial charge in [-0.1, -0.05) is 11.5 Å². The molecule has 0 amide bonds. The highest BCUT2D eigenvalue weighted by atomic mass is 19.1. The van der Waals surface area contributed by atoms with Crippen molar-refractivity contribution >= 4 is 13.3 Å². The summed E-state index contributed by atoms with van der Waals surface area (Å²) in [5.41, 5.74) is 3.26. The second kappa shape index (κ2) is 4.57. The quantitative estimate of drug-likeness (QED) is 0.574. The van der Waals surface area contributed by atoms with Crippen molar-refractivity contribution in [3.63, 3.8) is 0 Å². The summed E-state index contributed by atoms with van der Waals surface area (Å²) in [6.07, 6.45) is 1.52. The van der Waals surface area contributed by atoms with Crippen LogP contribution in [0.2, 0.25) is 0 Å². The van der Waals surface area contributed by atoms with E-state index in [0.29, 0.717) is 11.3 Å². The molecule has 0 aliphatic heterocycles. The van der Waals surface area contributed by atoms with Gasteiger partial charge in [0.1, 0.15) is 13.6 Å². The zero-order valence-corrected chi connectivity index (χ0v) is 10.1. The highest BCUT2D eigenvalue weighted by molar-refractivity contribution is 6.36. The Hall–Kier alpha value is -1.84. The lowest BCUT2D eigenvalue weighted by Gasteiger charge is -2.10. The Morgan fingerprint density at radius 1 is 1.24 bits per heavy atom. The van der Waals surface area contributed by atoms with Crippen molar-refractivity contribution in [3.8, 4) is 16.9 Å². The van der Waals surface area contributed by atoms with Gasteiger partial charge < -0.3 is 4.74 Å². The predicted octanol–water partition coefficient (Wildman–Crippen LogP) is 1.46. The molecule has 0 aliphatic carbocycles. The number of rotatable bonds is 2.